The van der Waals surface area contributed by atoms with Gasteiger partial charge in [0.05, 0.1) is 12.7 Å². The first-order valence-corrected chi connectivity index (χ1v) is 8.56. The van der Waals surface area contributed by atoms with E-state index >= 15 is 0 Å². The summed E-state index contributed by atoms with van der Waals surface area (Å²) in [5.74, 6) is 1.26. The second-order valence-electron chi connectivity index (χ2n) is 5.41. The number of ether oxygens (including phenoxy) is 2. The predicted molar refractivity (Wildman–Crippen MR) is 89.5 cm³/mol. The first-order chi connectivity index (χ1) is 11.1. The second kappa shape index (κ2) is 8.21. The molecule has 0 bridgehead atoms. The third-order valence-electron chi connectivity index (χ3n) is 3.86. The summed E-state index contributed by atoms with van der Waals surface area (Å²) in [7, 11) is 3.22. The van der Waals surface area contributed by atoms with Gasteiger partial charge in [0.2, 0.25) is 0 Å². The SMILES string of the molecule is COc1cccc(CNC(=O)C(=O)NCC2(OC)CCSC2)c1. The Balaban J connectivity index is 1.79. The summed E-state index contributed by atoms with van der Waals surface area (Å²) in [5.41, 5.74) is 0.513. The molecule has 1 unspecified atom stereocenters. The molecule has 1 saturated heterocycles. The topological polar surface area (TPSA) is 76.7 Å². The van der Waals surface area contributed by atoms with Crippen LogP contribution in [0.1, 0.15) is 12.0 Å². The molecule has 7 heteroatoms. The zero-order chi connectivity index (χ0) is 16.7. The van der Waals surface area contributed by atoms with E-state index in [0.717, 1.165) is 23.5 Å². The normalized spacial score (nSPS) is 20.1. The van der Waals surface area contributed by atoms with Gasteiger partial charge < -0.3 is 20.1 Å². The maximum Gasteiger partial charge on any atom is 0.309 e. The fraction of sp³-hybridized carbons (Fsp3) is 0.500. The number of carbonyl (C=O) groups is 2. The molecule has 1 aliphatic rings. The zero-order valence-corrected chi connectivity index (χ0v) is 14.2. The maximum absolute atomic E-state index is 11.9. The quantitative estimate of drug-likeness (QED) is 0.755. The number of benzene rings is 1. The van der Waals surface area contributed by atoms with Gasteiger partial charge in [-0.2, -0.15) is 11.8 Å². The number of nitrogens with one attached hydrogen (secondary N) is 2. The number of methoxy groups -OCH3 is 2. The molecule has 0 spiro atoms. The van der Waals surface area contributed by atoms with Crippen molar-refractivity contribution in [2.24, 2.45) is 0 Å². The largest absolute Gasteiger partial charge is 0.497 e. The van der Waals surface area contributed by atoms with Crippen molar-refractivity contribution in [3.63, 3.8) is 0 Å². The Labute approximate surface area is 140 Å². The van der Waals surface area contributed by atoms with Gasteiger partial charge in [-0.15, -0.1) is 0 Å². The van der Waals surface area contributed by atoms with Gasteiger partial charge >= 0.3 is 11.8 Å². The molecule has 2 amide bonds. The van der Waals surface area contributed by atoms with Gasteiger partial charge in [-0.25, -0.2) is 0 Å². The van der Waals surface area contributed by atoms with Crippen LogP contribution in [0.4, 0.5) is 0 Å². The minimum atomic E-state index is -0.648. The van der Waals surface area contributed by atoms with Crippen LogP contribution in [0.5, 0.6) is 5.75 Å². The molecule has 2 rings (SSSR count). The Bertz CT molecular complexity index is 559. The van der Waals surface area contributed by atoms with Crippen LogP contribution in [0, 0.1) is 0 Å². The minimum absolute atomic E-state index is 0.273. The van der Waals surface area contributed by atoms with E-state index in [0.29, 0.717) is 12.3 Å². The van der Waals surface area contributed by atoms with E-state index < -0.39 is 11.8 Å². The number of amides is 2. The molecule has 1 aliphatic heterocycles. The third kappa shape index (κ3) is 4.87. The van der Waals surface area contributed by atoms with Gasteiger partial charge in [0.25, 0.3) is 0 Å². The summed E-state index contributed by atoms with van der Waals surface area (Å²) in [4.78, 5) is 23.8. The smallest absolute Gasteiger partial charge is 0.309 e. The Morgan fingerprint density at radius 2 is 2.04 bits per heavy atom. The van der Waals surface area contributed by atoms with Crippen molar-refractivity contribution in [1.82, 2.24) is 10.6 Å². The first-order valence-electron chi connectivity index (χ1n) is 7.40. The van der Waals surface area contributed by atoms with Crippen molar-refractivity contribution in [2.75, 3.05) is 32.3 Å². The van der Waals surface area contributed by atoms with Crippen LogP contribution >= 0.6 is 11.8 Å². The summed E-state index contributed by atoms with van der Waals surface area (Å²) >= 11 is 1.79. The van der Waals surface area contributed by atoms with Crippen LogP contribution in [-0.4, -0.2) is 49.7 Å². The third-order valence-corrected chi connectivity index (χ3v) is 5.09. The van der Waals surface area contributed by atoms with E-state index in [-0.39, 0.29) is 12.1 Å². The van der Waals surface area contributed by atoms with Crippen molar-refractivity contribution in [2.45, 2.75) is 18.6 Å². The van der Waals surface area contributed by atoms with E-state index in [1.54, 1.807) is 26.0 Å². The fourth-order valence-corrected chi connectivity index (χ4v) is 3.72. The van der Waals surface area contributed by atoms with Gasteiger partial charge in [-0.05, 0) is 29.9 Å². The highest BCUT2D eigenvalue weighted by Gasteiger charge is 2.35. The number of hydrogen-bond donors (Lipinski definition) is 2. The van der Waals surface area contributed by atoms with Crippen LogP contribution < -0.4 is 15.4 Å². The summed E-state index contributed by atoms with van der Waals surface area (Å²) in [6, 6.07) is 7.33. The molecule has 0 radical (unpaired) electrons. The highest BCUT2D eigenvalue weighted by Crippen LogP contribution is 2.30. The molecule has 0 aliphatic carbocycles. The van der Waals surface area contributed by atoms with Gasteiger partial charge in [-0.3, -0.25) is 9.59 Å². The average Bonchev–Trinajstić information content (AvgIpc) is 3.07. The fourth-order valence-electron chi connectivity index (χ4n) is 2.33. The summed E-state index contributed by atoms with van der Waals surface area (Å²) in [6.07, 6.45) is 0.875. The lowest BCUT2D eigenvalue weighted by Gasteiger charge is -2.26. The van der Waals surface area contributed by atoms with Gasteiger partial charge in [0.1, 0.15) is 5.75 Å². The highest BCUT2D eigenvalue weighted by molar-refractivity contribution is 7.99. The van der Waals surface area contributed by atoms with Crippen molar-refractivity contribution in [3.8, 4) is 5.75 Å². The number of hydrogen-bond acceptors (Lipinski definition) is 5. The summed E-state index contributed by atoms with van der Waals surface area (Å²) in [5, 5.41) is 5.26. The lowest BCUT2D eigenvalue weighted by atomic mass is 10.0. The maximum atomic E-state index is 11.9. The molecule has 1 aromatic rings. The van der Waals surface area contributed by atoms with Gasteiger partial charge in [0, 0.05) is 26.0 Å². The minimum Gasteiger partial charge on any atom is -0.497 e. The second-order valence-corrected chi connectivity index (χ2v) is 6.51. The Hall–Kier alpha value is -1.73. The Kier molecular flexibility index (Phi) is 6.29. The molecule has 6 nitrogen and oxygen atoms in total. The number of carbonyl (C=O) groups excluding carboxylic acids is 2. The van der Waals surface area contributed by atoms with Crippen LogP contribution in [-0.2, 0) is 20.9 Å². The lowest BCUT2D eigenvalue weighted by molar-refractivity contribution is -0.140. The van der Waals surface area contributed by atoms with E-state index in [2.05, 4.69) is 10.6 Å². The van der Waals surface area contributed by atoms with Gasteiger partial charge in [0.15, 0.2) is 0 Å². The molecule has 1 fully saturated rings. The molecule has 1 aromatic carbocycles. The number of thioether (sulfide) groups is 1. The molecular formula is C16H22N2O4S. The lowest BCUT2D eigenvalue weighted by Crippen LogP contribution is -2.48. The molecule has 1 atom stereocenters. The Morgan fingerprint density at radius 3 is 2.70 bits per heavy atom. The van der Waals surface area contributed by atoms with Crippen LogP contribution in [0.25, 0.3) is 0 Å². The van der Waals surface area contributed by atoms with Crippen molar-refractivity contribution >= 4 is 23.6 Å². The molecule has 23 heavy (non-hydrogen) atoms. The van der Waals surface area contributed by atoms with Crippen LogP contribution in [0.15, 0.2) is 24.3 Å². The van der Waals surface area contributed by atoms with Crippen LogP contribution in [0.2, 0.25) is 0 Å². The van der Waals surface area contributed by atoms with Crippen molar-refractivity contribution < 1.29 is 19.1 Å². The van der Waals surface area contributed by atoms with E-state index in [1.807, 2.05) is 24.3 Å². The highest BCUT2D eigenvalue weighted by atomic mass is 32.2. The van der Waals surface area contributed by atoms with E-state index in [4.69, 9.17) is 9.47 Å². The van der Waals surface area contributed by atoms with E-state index in [1.165, 1.54) is 0 Å². The monoisotopic (exact) mass is 338 g/mol. The summed E-state index contributed by atoms with van der Waals surface area (Å²) in [6.45, 7) is 0.622. The molecular weight excluding hydrogens is 316 g/mol. The molecule has 0 aromatic heterocycles. The van der Waals surface area contributed by atoms with Crippen LogP contribution in [0.3, 0.4) is 0 Å². The standard InChI is InChI=1S/C16H22N2O4S/c1-21-13-5-3-4-12(8-13)9-17-14(19)15(20)18-10-16(22-2)6-7-23-11-16/h3-5,8H,6-7,9-11H2,1-2H3,(H,17,19)(H,18,20). The van der Waals surface area contributed by atoms with Crippen molar-refractivity contribution in [3.05, 3.63) is 29.8 Å². The predicted octanol–water partition coefficient (Wildman–Crippen LogP) is 0.950. The zero-order valence-electron chi connectivity index (χ0n) is 13.4. The average molecular weight is 338 g/mol. The van der Waals surface area contributed by atoms with Gasteiger partial charge in [-0.1, -0.05) is 12.1 Å². The number of rotatable bonds is 6. The summed E-state index contributed by atoms with van der Waals surface area (Å²) < 4.78 is 10.6. The molecule has 126 valence electrons. The van der Waals surface area contributed by atoms with Crippen molar-refractivity contribution in [1.29, 1.82) is 0 Å². The molecule has 2 N–H and O–H groups in total. The Morgan fingerprint density at radius 1 is 1.26 bits per heavy atom. The first kappa shape index (κ1) is 17.6. The van der Waals surface area contributed by atoms with E-state index in [9.17, 15) is 9.59 Å². The molecule has 1 heterocycles. The molecule has 0 saturated carbocycles.